The van der Waals surface area contributed by atoms with Crippen molar-refractivity contribution in [2.24, 2.45) is 5.73 Å². The summed E-state index contributed by atoms with van der Waals surface area (Å²) in [6, 6.07) is 11.4. The number of carbonyl (C=O) groups excluding carboxylic acids is 1. The van der Waals surface area contributed by atoms with Crippen LogP contribution in [0.25, 0.3) is 0 Å². The molecule has 0 saturated carbocycles. The Bertz CT molecular complexity index is 1190. The molecule has 1 amide bonds. The summed E-state index contributed by atoms with van der Waals surface area (Å²) < 4.78 is 14.4. The first-order valence-corrected chi connectivity index (χ1v) is 11.0. The molecule has 32 heavy (non-hydrogen) atoms. The molecular formula is C23H24BrN5O3. The lowest BCUT2D eigenvalue weighted by Crippen LogP contribution is -2.31. The first-order valence-electron chi connectivity index (χ1n) is 10.2. The Morgan fingerprint density at radius 2 is 1.97 bits per heavy atom. The molecule has 2 aromatic carbocycles. The van der Waals surface area contributed by atoms with Gasteiger partial charge in [0.15, 0.2) is 11.5 Å². The van der Waals surface area contributed by atoms with Crippen LogP contribution in [0.3, 0.4) is 0 Å². The highest BCUT2D eigenvalue weighted by atomic mass is 79.9. The van der Waals surface area contributed by atoms with Gasteiger partial charge in [-0.15, -0.1) is 0 Å². The third-order valence-electron chi connectivity index (χ3n) is 5.21. The first-order chi connectivity index (χ1) is 15.4. The number of aromatic nitrogens is 3. The van der Waals surface area contributed by atoms with Crippen LogP contribution in [-0.4, -0.2) is 27.3 Å². The minimum atomic E-state index is -0.548. The van der Waals surface area contributed by atoms with Crippen LogP contribution in [-0.2, 0) is 11.4 Å². The molecule has 0 fully saturated rings. The number of rotatable bonds is 7. The second-order valence-electron chi connectivity index (χ2n) is 7.50. The number of aryl methyl sites for hydroxylation is 1. The van der Waals surface area contributed by atoms with Crippen LogP contribution in [0.4, 0.5) is 5.95 Å². The van der Waals surface area contributed by atoms with E-state index in [1.54, 1.807) is 11.6 Å². The molecule has 4 rings (SSSR count). The zero-order valence-corrected chi connectivity index (χ0v) is 19.6. The molecule has 1 aliphatic rings. The highest BCUT2D eigenvalue weighted by Gasteiger charge is 2.33. The normalized spacial score (nSPS) is 15.2. The number of amides is 1. The van der Waals surface area contributed by atoms with Gasteiger partial charge in [-0.25, -0.2) is 4.68 Å². The molecule has 1 aromatic heterocycles. The van der Waals surface area contributed by atoms with Gasteiger partial charge in [0.05, 0.1) is 16.7 Å². The molecule has 0 spiro atoms. The van der Waals surface area contributed by atoms with E-state index in [1.807, 2.05) is 50.2 Å². The highest BCUT2D eigenvalue weighted by Crippen LogP contribution is 2.42. The van der Waals surface area contributed by atoms with Gasteiger partial charge >= 0.3 is 0 Å². The van der Waals surface area contributed by atoms with E-state index in [1.165, 1.54) is 11.9 Å². The van der Waals surface area contributed by atoms with Crippen molar-refractivity contribution in [2.75, 3.05) is 11.9 Å². The molecule has 3 aromatic rings. The Morgan fingerprint density at radius 1 is 1.22 bits per heavy atom. The monoisotopic (exact) mass is 497 g/mol. The summed E-state index contributed by atoms with van der Waals surface area (Å²) in [5.74, 6) is 1.15. The van der Waals surface area contributed by atoms with Gasteiger partial charge in [-0.2, -0.15) is 10.1 Å². The van der Waals surface area contributed by atoms with E-state index < -0.39 is 11.9 Å². The predicted molar refractivity (Wildman–Crippen MR) is 125 cm³/mol. The number of fused-ring (bicyclic) bond motifs is 1. The first kappa shape index (κ1) is 21.9. The van der Waals surface area contributed by atoms with E-state index in [2.05, 4.69) is 31.3 Å². The fourth-order valence-electron chi connectivity index (χ4n) is 3.71. The zero-order valence-electron chi connectivity index (χ0n) is 18.1. The topological polar surface area (TPSA) is 104 Å². The second kappa shape index (κ2) is 9.04. The van der Waals surface area contributed by atoms with Crippen molar-refractivity contribution in [1.82, 2.24) is 14.8 Å². The number of carbonyl (C=O) groups is 1. The van der Waals surface area contributed by atoms with Crippen LogP contribution in [0.15, 0.2) is 58.5 Å². The standard InChI is InChI=1S/C23H24BrN5O3/c1-4-31-18-10-16(9-17(24)21(18)32-11-15-7-5-13(2)6-8-15)20-19(22(25)30)14(3)28-23-26-12-27-29(20)23/h5-10,12,20H,4,11H2,1-3H3,(H2,25,30)(H,26,27,28). The van der Waals surface area contributed by atoms with Gasteiger partial charge in [0.1, 0.15) is 19.0 Å². The van der Waals surface area contributed by atoms with Crippen LogP contribution in [0, 0.1) is 6.92 Å². The van der Waals surface area contributed by atoms with Gasteiger partial charge in [-0.3, -0.25) is 4.79 Å². The molecule has 2 heterocycles. The maximum Gasteiger partial charge on any atom is 0.248 e. The van der Waals surface area contributed by atoms with Crippen molar-refractivity contribution < 1.29 is 14.3 Å². The molecule has 8 nitrogen and oxygen atoms in total. The van der Waals surface area contributed by atoms with E-state index in [-0.39, 0.29) is 0 Å². The fraction of sp³-hybridized carbons (Fsp3) is 0.261. The largest absolute Gasteiger partial charge is 0.490 e. The quantitative estimate of drug-likeness (QED) is 0.509. The van der Waals surface area contributed by atoms with E-state index in [0.29, 0.717) is 46.4 Å². The second-order valence-corrected chi connectivity index (χ2v) is 8.35. The molecule has 0 radical (unpaired) electrons. The Balaban J connectivity index is 1.74. The van der Waals surface area contributed by atoms with Gasteiger partial charge < -0.3 is 20.5 Å². The number of hydrogen-bond donors (Lipinski definition) is 2. The van der Waals surface area contributed by atoms with Crippen LogP contribution in [0.5, 0.6) is 11.5 Å². The van der Waals surface area contributed by atoms with Crippen molar-refractivity contribution >= 4 is 27.8 Å². The lowest BCUT2D eigenvalue weighted by Gasteiger charge is -2.28. The van der Waals surface area contributed by atoms with Gasteiger partial charge in [-0.1, -0.05) is 29.8 Å². The van der Waals surface area contributed by atoms with Gasteiger partial charge in [-0.05, 0) is 60.0 Å². The van der Waals surface area contributed by atoms with Gasteiger partial charge in [0, 0.05) is 5.70 Å². The molecule has 1 atom stereocenters. The van der Waals surface area contributed by atoms with Gasteiger partial charge in [0.2, 0.25) is 11.9 Å². The number of halogens is 1. The van der Waals surface area contributed by atoms with Crippen molar-refractivity contribution in [3.05, 3.63) is 75.2 Å². The summed E-state index contributed by atoms with van der Waals surface area (Å²) in [5, 5.41) is 7.39. The summed E-state index contributed by atoms with van der Waals surface area (Å²) in [5.41, 5.74) is 9.79. The van der Waals surface area contributed by atoms with Crippen LogP contribution >= 0.6 is 15.9 Å². The predicted octanol–water partition coefficient (Wildman–Crippen LogP) is 4.10. The molecule has 166 valence electrons. The highest BCUT2D eigenvalue weighted by molar-refractivity contribution is 9.10. The molecule has 0 aliphatic carbocycles. The van der Waals surface area contributed by atoms with Crippen LogP contribution < -0.4 is 20.5 Å². The number of ether oxygens (including phenoxy) is 2. The third-order valence-corrected chi connectivity index (χ3v) is 5.80. The molecule has 0 bridgehead atoms. The van der Waals surface area contributed by atoms with Crippen LogP contribution in [0.1, 0.15) is 36.6 Å². The van der Waals surface area contributed by atoms with E-state index in [4.69, 9.17) is 15.2 Å². The van der Waals surface area contributed by atoms with Crippen molar-refractivity contribution in [2.45, 2.75) is 33.4 Å². The zero-order chi connectivity index (χ0) is 22.8. The number of allylic oxidation sites excluding steroid dienone is 1. The Labute approximate surface area is 194 Å². The average molecular weight is 498 g/mol. The summed E-state index contributed by atoms with van der Waals surface area (Å²) in [4.78, 5) is 16.6. The van der Waals surface area contributed by atoms with Crippen molar-refractivity contribution in [3.8, 4) is 11.5 Å². The number of nitrogens with one attached hydrogen (secondary N) is 1. The molecular weight excluding hydrogens is 474 g/mol. The minimum absolute atomic E-state index is 0.393. The number of hydrogen-bond acceptors (Lipinski definition) is 6. The summed E-state index contributed by atoms with van der Waals surface area (Å²) in [6.45, 7) is 6.59. The lowest BCUT2D eigenvalue weighted by molar-refractivity contribution is -0.115. The molecule has 9 heteroatoms. The fourth-order valence-corrected chi connectivity index (χ4v) is 4.28. The van der Waals surface area contributed by atoms with E-state index in [0.717, 1.165) is 11.1 Å². The molecule has 1 unspecified atom stereocenters. The summed E-state index contributed by atoms with van der Waals surface area (Å²) in [6.07, 6.45) is 1.43. The minimum Gasteiger partial charge on any atom is -0.490 e. The SMILES string of the molecule is CCOc1cc(C2C(C(N)=O)=C(C)Nc3ncnn32)cc(Br)c1OCc1ccc(C)cc1. The maximum atomic E-state index is 12.3. The smallest absolute Gasteiger partial charge is 0.248 e. The number of benzene rings is 2. The summed E-state index contributed by atoms with van der Waals surface area (Å²) in [7, 11) is 0. The summed E-state index contributed by atoms with van der Waals surface area (Å²) >= 11 is 3.62. The maximum absolute atomic E-state index is 12.3. The average Bonchev–Trinajstić information content (AvgIpc) is 3.21. The molecule has 0 saturated heterocycles. The van der Waals surface area contributed by atoms with Crippen molar-refractivity contribution in [1.29, 1.82) is 0 Å². The van der Waals surface area contributed by atoms with Crippen molar-refractivity contribution in [3.63, 3.8) is 0 Å². The number of anilines is 1. The van der Waals surface area contributed by atoms with Gasteiger partial charge in [0.25, 0.3) is 0 Å². The number of primary amides is 1. The molecule has 1 aliphatic heterocycles. The number of nitrogens with two attached hydrogens (primary N) is 1. The third kappa shape index (κ3) is 4.20. The molecule has 3 N–H and O–H groups in total. The Morgan fingerprint density at radius 3 is 2.66 bits per heavy atom. The number of nitrogens with zero attached hydrogens (tertiary/aromatic N) is 3. The van der Waals surface area contributed by atoms with E-state index >= 15 is 0 Å². The Kier molecular flexibility index (Phi) is 6.18. The van der Waals surface area contributed by atoms with E-state index in [9.17, 15) is 4.79 Å². The lowest BCUT2D eigenvalue weighted by atomic mass is 9.95. The Hall–Kier alpha value is -3.33. The van der Waals surface area contributed by atoms with Crippen LogP contribution in [0.2, 0.25) is 0 Å².